The lowest BCUT2D eigenvalue weighted by molar-refractivity contribution is -0.137. The van der Waals surface area contributed by atoms with Gasteiger partial charge >= 0.3 is 0 Å². The molecule has 4 rings (SSSR count). The maximum Gasteiger partial charge on any atom is 0.253 e. The zero-order valence-electron chi connectivity index (χ0n) is 19.3. The number of anilines is 1. The molecule has 0 spiro atoms. The van der Waals surface area contributed by atoms with Crippen LogP contribution in [0.15, 0.2) is 66.7 Å². The van der Waals surface area contributed by atoms with Crippen LogP contribution in [0.5, 0.6) is 0 Å². The highest BCUT2D eigenvalue weighted by atomic mass is 19.1. The molecule has 8 heteroatoms. The number of fused-ring (bicyclic) bond motifs is 3. The van der Waals surface area contributed by atoms with E-state index in [0.29, 0.717) is 11.3 Å². The Morgan fingerprint density at radius 3 is 2.26 bits per heavy atom. The van der Waals surface area contributed by atoms with Crippen molar-refractivity contribution >= 4 is 23.4 Å². The Hall–Kier alpha value is -4.07. The molecule has 2 atom stereocenters. The van der Waals surface area contributed by atoms with Gasteiger partial charge in [-0.25, -0.2) is 8.78 Å². The summed E-state index contributed by atoms with van der Waals surface area (Å²) in [6.45, 7) is 1.54. The topological polar surface area (TPSA) is 78.5 Å². The molecular weight excluding hydrogens is 452 g/mol. The Morgan fingerprint density at radius 1 is 0.943 bits per heavy atom. The van der Waals surface area contributed by atoms with E-state index >= 15 is 0 Å². The van der Waals surface area contributed by atoms with Crippen molar-refractivity contribution in [2.45, 2.75) is 25.9 Å². The highest BCUT2D eigenvalue weighted by Gasteiger charge is 2.35. The van der Waals surface area contributed by atoms with Crippen LogP contribution in [0.25, 0.3) is 11.1 Å². The van der Waals surface area contributed by atoms with Gasteiger partial charge in [0, 0.05) is 25.2 Å². The molecule has 0 aliphatic carbocycles. The Balaban J connectivity index is 1.55. The van der Waals surface area contributed by atoms with Crippen LogP contribution in [0.3, 0.4) is 0 Å². The predicted octanol–water partition coefficient (Wildman–Crippen LogP) is 4.11. The number of nitrogens with zero attached hydrogens (tertiary/aromatic N) is 1. The lowest BCUT2D eigenvalue weighted by Gasteiger charge is -2.24. The van der Waals surface area contributed by atoms with Crippen LogP contribution in [-0.4, -0.2) is 24.8 Å². The zero-order valence-corrected chi connectivity index (χ0v) is 19.3. The Morgan fingerprint density at radius 2 is 1.57 bits per heavy atom. The molecule has 6 nitrogen and oxygen atoms in total. The monoisotopic (exact) mass is 477 g/mol. The van der Waals surface area contributed by atoms with Gasteiger partial charge in [-0.2, -0.15) is 0 Å². The second-order valence-corrected chi connectivity index (χ2v) is 8.40. The third-order valence-electron chi connectivity index (χ3n) is 6.12. The van der Waals surface area contributed by atoms with Crippen molar-refractivity contribution in [3.8, 4) is 11.1 Å². The van der Waals surface area contributed by atoms with Crippen molar-refractivity contribution in [2.24, 2.45) is 5.92 Å². The number of benzene rings is 3. The number of carbonyl (C=O) groups excluding carboxylic acids is 3. The van der Waals surface area contributed by atoms with Gasteiger partial charge in [0.1, 0.15) is 23.6 Å². The number of nitrogens with one attached hydrogen (secondary N) is 2. The van der Waals surface area contributed by atoms with Crippen LogP contribution in [-0.2, 0) is 20.9 Å². The highest BCUT2D eigenvalue weighted by molar-refractivity contribution is 6.07. The van der Waals surface area contributed by atoms with E-state index in [0.717, 1.165) is 29.3 Å². The molecule has 0 bridgehead atoms. The fraction of sp³-hybridized carbons (Fsp3) is 0.222. The summed E-state index contributed by atoms with van der Waals surface area (Å²) in [5.74, 6) is -4.14. The summed E-state index contributed by atoms with van der Waals surface area (Å²) in [7, 11) is 1.65. The van der Waals surface area contributed by atoms with E-state index in [1.54, 1.807) is 26.1 Å². The van der Waals surface area contributed by atoms with Crippen LogP contribution in [0.2, 0.25) is 0 Å². The molecule has 0 aromatic heterocycles. The van der Waals surface area contributed by atoms with Gasteiger partial charge in [-0.1, -0.05) is 49.4 Å². The molecule has 1 aliphatic heterocycles. The number of likely N-dealkylation sites (N-methyl/N-ethyl adjacent to an activating group) is 1. The summed E-state index contributed by atoms with van der Waals surface area (Å²) in [6, 6.07) is 16.8. The van der Waals surface area contributed by atoms with Crippen molar-refractivity contribution in [3.05, 3.63) is 89.5 Å². The zero-order chi connectivity index (χ0) is 25.1. The van der Waals surface area contributed by atoms with Crippen LogP contribution >= 0.6 is 0 Å². The predicted molar refractivity (Wildman–Crippen MR) is 128 cm³/mol. The van der Waals surface area contributed by atoms with Crippen LogP contribution in [0.4, 0.5) is 14.5 Å². The summed E-state index contributed by atoms with van der Waals surface area (Å²) < 4.78 is 26.9. The first-order chi connectivity index (χ1) is 16.8. The molecule has 2 N–H and O–H groups in total. The maximum absolute atomic E-state index is 13.4. The van der Waals surface area contributed by atoms with Gasteiger partial charge < -0.3 is 15.5 Å². The third-order valence-corrected chi connectivity index (χ3v) is 6.12. The number of hydrogen-bond acceptors (Lipinski definition) is 3. The number of rotatable bonds is 6. The van der Waals surface area contributed by atoms with Gasteiger partial charge in [0.05, 0.1) is 5.69 Å². The van der Waals surface area contributed by atoms with Gasteiger partial charge in [0.15, 0.2) is 0 Å². The minimum atomic E-state index is -1.09. The summed E-state index contributed by atoms with van der Waals surface area (Å²) in [6.07, 6.45) is 0.174. The van der Waals surface area contributed by atoms with E-state index in [4.69, 9.17) is 0 Å². The molecular formula is C27H25F2N3O3. The fourth-order valence-corrected chi connectivity index (χ4v) is 4.33. The second-order valence-electron chi connectivity index (χ2n) is 8.40. The van der Waals surface area contributed by atoms with Crippen LogP contribution in [0.1, 0.15) is 30.5 Å². The minimum absolute atomic E-state index is 0.138. The van der Waals surface area contributed by atoms with E-state index in [1.165, 1.54) is 4.90 Å². The minimum Gasteiger partial charge on any atom is -0.351 e. The van der Waals surface area contributed by atoms with Gasteiger partial charge in [-0.05, 0) is 41.3 Å². The lowest BCUT2D eigenvalue weighted by Crippen LogP contribution is -2.46. The maximum atomic E-state index is 13.4. The standard InChI is InChI=1S/C27H25F2N3O3/c1-3-19(25(33)30-15-16-12-17(28)14-18(29)13-16)26(34)31-24-22-10-5-4-8-20(22)21-9-6-7-11-23(21)32(2)27(24)35/h4-14,19,24H,3,15H2,1-2H3,(H,30,33)(H,31,34)/t19-,24+/m0/s1. The Labute approximate surface area is 201 Å². The molecule has 0 unspecified atom stereocenters. The van der Waals surface area contributed by atoms with Crippen LogP contribution < -0.4 is 15.5 Å². The molecule has 0 saturated carbocycles. The summed E-state index contributed by atoms with van der Waals surface area (Å²) >= 11 is 0. The summed E-state index contributed by atoms with van der Waals surface area (Å²) in [5, 5.41) is 5.33. The Kier molecular flexibility index (Phi) is 6.91. The SMILES string of the molecule is CC[C@@H](C(=O)NCc1cc(F)cc(F)c1)C(=O)N[C@H]1C(=O)N(C)c2ccccc2-c2ccccc21. The van der Waals surface area contributed by atoms with Crippen molar-refractivity contribution in [2.75, 3.05) is 11.9 Å². The van der Waals surface area contributed by atoms with Gasteiger partial charge in [0.2, 0.25) is 11.8 Å². The molecule has 1 heterocycles. The lowest BCUT2D eigenvalue weighted by atomic mass is 9.94. The van der Waals surface area contributed by atoms with E-state index in [-0.39, 0.29) is 24.4 Å². The quantitative estimate of drug-likeness (QED) is 0.525. The molecule has 3 aromatic rings. The molecule has 0 radical (unpaired) electrons. The van der Waals surface area contributed by atoms with Crippen molar-refractivity contribution < 1.29 is 23.2 Å². The van der Waals surface area contributed by atoms with E-state index < -0.39 is 35.4 Å². The van der Waals surface area contributed by atoms with Crippen LogP contribution in [0, 0.1) is 17.6 Å². The molecule has 35 heavy (non-hydrogen) atoms. The van der Waals surface area contributed by atoms with E-state index in [2.05, 4.69) is 10.6 Å². The molecule has 180 valence electrons. The smallest absolute Gasteiger partial charge is 0.253 e. The molecule has 1 aliphatic rings. The van der Waals surface area contributed by atoms with Gasteiger partial charge in [-0.15, -0.1) is 0 Å². The molecule has 0 saturated heterocycles. The van der Waals surface area contributed by atoms with Crippen molar-refractivity contribution in [1.29, 1.82) is 0 Å². The average Bonchev–Trinajstić information content (AvgIpc) is 2.92. The number of hydrogen-bond donors (Lipinski definition) is 2. The normalized spacial score (nSPS) is 15.5. The van der Waals surface area contributed by atoms with E-state index in [1.807, 2.05) is 36.4 Å². The largest absolute Gasteiger partial charge is 0.351 e. The fourth-order valence-electron chi connectivity index (χ4n) is 4.33. The average molecular weight is 478 g/mol. The molecule has 3 amide bonds. The first kappa shape index (κ1) is 24.1. The number of halogens is 2. The van der Waals surface area contributed by atoms with Crippen molar-refractivity contribution in [3.63, 3.8) is 0 Å². The number of para-hydroxylation sites is 1. The number of amides is 3. The molecule has 3 aromatic carbocycles. The first-order valence-electron chi connectivity index (χ1n) is 11.3. The summed E-state index contributed by atoms with van der Waals surface area (Å²) in [4.78, 5) is 40.9. The first-order valence-corrected chi connectivity index (χ1v) is 11.3. The summed E-state index contributed by atoms with van der Waals surface area (Å²) in [5.41, 5.74) is 3.26. The second kappa shape index (κ2) is 10.0. The Bertz CT molecular complexity index is 1270. The van der Waals surface area contributed by atoms with Gasteiger partial charge in [-0.3, -0.25) is 14.4 Å². The third kappa shape index (κ3) is 4.91. The van der Waals surface area contributed by atoms with Crippen molar-refractivity contribution in [1.82, 2.24) is 10.6 Å². The highest BCUT2D eigenvalue weighted by Crippen LogP contribution is 2.39. The molecule has 0 fully saturated rings. The van der Waals surface area contributed by atoms with E-state index in [9.17, 15) is 23.2 Å². The number of carbonyl (C=O) groups is 3. The van der Waals surface area contributed by atoms with Gasteiger partial charge in [0.25, 0.3) is 5.91 Å².